The Morgan fingerprint density at radius 3 is 2.08 bits per heavy atom. The number of aliphatic hydroxyl groups excluding tert-OH is 1. The summed E-state index contributed by atoms with van der Waals surface area (Å²) < 4.78 is 45.6. The standard InChI is InChI=1S/C18H17F3O4/c19-7-12-13(20)3-10(4-14(12)21)18-15(23)5-9(6-16(18)24)17-2-1-11(22)8-25-17/h3-6,11,17,22-24H,1-2,7-8H2. The number of hydrogen-bond acceptors (Lipinski definition) is 4. The average molecular weight is 354 g/mol. The number of benzene rings is 2. The van der Waals surface area contributed by atoms with Crippen molar-refractivity contribution in [2.24, 2.45) is 0 Å². The summed E-state index contributed by atoms with van der Waals surface area (Å²) in [6, 6.07) is 4.41. The largest absolute Gasteiger partial charge is 0.507 e. The van der Waals surface area contributed by atoms with Gasteiger partial charge in [0.05, 0.1) is 29.9 Å². The van der Waals surface area contributed by atoms with Crippen LogP contribution in [0.5, 0.6) is 11.5 Å². The molecule has 134 valence electrons. The molecule has 1 heterocycles. The quantitative estimate of drug-likeness (QED) is 0.786. The van der Waals surface area contributed by atoms with Crippen molar-refractivity contribution in [1.82, 2.24) is 0 Å². The lowest BCUT2D eigenvalue weighted by atomic mass is 9.95. The zero-order valence-electron chi connectivity index (χ0n) is 13.2. The molecule has 0 saturated carbocycles. The van der Waals surface area contributed by atoms with Gasteiger partial charge in [0.15, 0.2) is 0 Å². The lowest BCUT2D eigenvalue weighted by Crippen LogP contribution is -2.24. The molecular formula is C18H17F3O4. The summed E-state index contributed by atoms with van der Waals surface area (Å²) in [7, 11) is 0. The van der Waals surface area contributed by atoms with Gasteiger partial charge >= 0.3 is 0 Å². The van der Waals surface area contributed by atoms with Crippen LogP contribution in [0.2, 0.25) is 0 Å². The molecule has 7 heteroatoms. The minimum Gasteiger partial charge on any atom is -0.507 e. The van der Waals surface area contributed by atoms with Crippen LogP contribution < -0.4 is 0 Å². The fourth-order valence-electron chi connectivity index (χ4n) is 2.99. The van der Waals surface area contributed by atoms with Crippen LogP contribution in [0.3, 0.4) is 0 Å². The molecule has 0 aliphatic carbocycles. The van der Waals surface area contributed by atoms with E-state index in [0.717, 1.165) is 12.1 Å². The molecule has 25 heavy (non-hydrogen) atoms. The van der Waals surface area contributed by atoms with E-state index < -0.39 is 36.1 Å². The van der Waals surface area contributed by atoms with Gasteiger partial charge in [-0.05, 0) is 48.2 Å². The van der Waals surface area contributed by atoms with Crippen LogP contribution in [-0.2, 0) is 11.4 Å². The zero-order chi connectivity index (χ0) is 18.1. The molecule has 0 bridgehead atoms. The molecule has 3 rings (SSSR count). The molecule has 4 nitrogen and oxygen atoms in total. The molecular weight excluding hydrogens is 337 g/mol. The van der Waals surface area contributed by atoms with Gasteiger partial charge in [-0.3, -0.25) is 0 Å². The summed E-state index contributed by atoms with van der Waals surface area (Å²) >= 11 is 0. The fourth-order valence-corrected chi connectivity index (χ4v) is 2.99. The summed E-state index contributed by atoms with van der Waals surface area (Å²) in [6.45, 7) is -1.14. The van der Waals surface area contributed by atoms with E-state index in [9.17, 15) is 28.5 Å². The number of ether oxygens (including phenoxy) is 1. The summed E-state index contributed by atoms with van der Waals surface area (Å²) in [6.07, 6.45) is 0.0810. The van der Waals surface area contributed by atoms with Crippen molar-refractivity contribution in [3.8, 4) is 22.6 Å². The lowest BCUT2D eigenvalue weighted by Gasteiger charge is -2.27. The van der Waals surface area contributed by atoms with Gasteiger partial charge in [0, 0.05) is 0 Å². The second kappa shape index (κ2) is 6.93. The Labute approximate surface area is 142 Å². The second-order valence-corrected chi connectivity index (χ2v) is 6.04. The highest BCUT2D eigenvalue weighted by Gasteiger charge is 2.24. The first-order chi connectivity index (χ1) is 11.9. The van der Waals surface area contributed by atoms with E-state index in [1.165, 1.54) is 12.1 Å². The first kappa shape index (κ1) is 17.6. The number of hydrogen-bond donors (Lipinski definition) is 3. The van der Waals surface area contributed by atoms with Crippen molar-refractivity contribution in [2.75, 3.05) is 6.61 Å². The SMILES string of the molecule is Oc1cc(C2CCC(O)CO2)cc(O)c1-c1cc(F)c(CF)c(F)c1. The van der Waals surface area contributed by atoms with Crippen LogP contribution in [0.25, 0.3) is 11.1 Å². The predicted molar refractivity (Wildman–Crippen MR) is 83.9 cm³/mol. The molecule has 0 aromatic heterocycles. The molecule has 1 saturated heterocycles. The van der Waals surface area contributed by atoms with Gasteiger partial charge in [-0.2, -0.15) is 0 Å². The smallest absolute Gasteiger partial charge is 0.132 e. The highest BCUT2D eigenvalue weighted by molar-refractivity contribution is 5.77. The van der Waals surface area contributed by atoms with Crippen LogP contribution in [-0.4, -0.2) is 28.0 Å². The number of rotatable bonds is 3. The minimum atomic E-state index is -1.29. The molecule has 2 aromatic rings. The third-order valence-corrected chi connectivity index (χ3v) is 4.31. The predicted octanol–water partition coefficient (Wildman–Crippen LogP) is 3.72. The molecule has 1 aliphatic heterocycles. The molecule has 0 radical (unpaired) electrons. The highest BCUT2D eigenvalue weighted by Crippen LogP contribution is 2.42. The first-order valence-electron chi connectivity index (χ1n) is 7.80. The number of phenolic OH excluding ortho intramolecular Hbond substituents is 2. The Morgan fingerprint density at radius 1 is 1.00 bits per heavy atom. The van der Waals surface area contributed by atoms with Gasteiger partial charge in [0.25, 0.3) is 0 Å². The summed E-state index contributed by atoms with van der Waals surface area (Å²) in [5, 5.41) is 29.9. The monoisotopic (exact) mass is 354 g/mol. The minimum absolute atomic E-state index is 0.103. The summed E-state index contributed by atoms with van der Waals surface area (Å²) in [5.74, 6) is -2.94. The number of aromatic hydroxyl groups is 2. The van der Waals surface area contributed by atoms with Crippen LogP contribution in [0, 0.1) is 11.6 Å². The number of halogens is 3. The van der Waals surface area contributed by atoms with Crippen molar-refractivity contribution in [3.63, 3.8) is 0 Å². The normalized spacial score (nSPS) is 20.6. The molecule has 0 amide bonds. The Hall–Kier alpha value is -2.25. The molecule has 2 aromatic carbocycles. The van der Waals surface area contributed by atoms with Crippen molar-refractivity contribution in [1.29, 1.82) is 0 Å². The summed E-state index contributed by atoms with van der Waals surface area (Å²) in [5.41, 5.74) is -0.461. The van der Waals surface area contributed by atoms with Gasteiger partial charge in [-0.25, -0.2) is 13.2 Å². The van der Waals surface area contributed by atoms with Gasteiger partial charge in [0.2, 0.25) is 0 Å². The number of alkyl halides is 1. The average Bonchev–Trinajstić information content (AvgIpc) is 2.54. The van der Waals surface area contributed by atoms with Crippen molar-refractivity contribution < 1.29 is 33.2 Å². The lowest BCUT2D eigenvalue weighted by molar-refractivity contribution is -0.0569. The topological polar surface area (TPSA) is 69.9 Å². The Balaban J connectivity index is 1.99. The van der Waals surface area contributed by atoms with Crippen molar-refractivity contribution >= 4 is 0 Å². The van der Waals surface area contributed by atoms with E-state index in [0.29, 0.717) is 18.4 Å². The van der Waals surface area contributed by atoms with E-state index in [1.54, 1.807) is 0 Å². The molecule has 1 fully saturated rings. The Kier molecular flexibility index (Phi) is 4.87. The third-order valence-electron chi connectivity index (χ3n) is 4.31. The maximum Gasteiger partial charge on any atom is 0.132 e. The number of phenols is 2. The van der Waals surface area contributed by atoms with Gasteiger partial charge in [-0.15, -0.1) is 0 Å². The molecule has 1 aliphatic rings. The molecule has 3 N–H and O–H groups in total. The van der Waals surface area contributed by atoms with Crippen LogP contribution >= 0.6 is 0 Å². The van der Waals surface area contributed by atoms with Gasteiger partial charge in [-0.1, -0.05) is 0 Å². The molecule has 2 unspecified atom stereocenters. The molecule has 2 atom stereocenters. The van der Waals surface area contributed by atoms with Crippen molar-refractivity contribution in [3.05, 3.63) is 47.0 Å². The van der Waals surface area contributed by atoms with E-state index in [-0.39, 0.29) is 29.2 Å². The zero-order valence-corrected chi connectivity index (χ0v) is 13.2. The second-order valence-electron chi connectivity index (χ2n) is 6.04. The van der Waals surface area contributed by atoms with E-state index in [2.05, 4.69) is 0 Å². The van der Waals surface area contributed by atoms with E-state index in [1.807, 2.05) is 0 Å². The fraction of sp³-hybridized carbons (Fsp3) is 0.333. The highest BCUT2D eigenvalue weighted by atomic mass is 19.1. The van der Waals surface area contributed by atoms with Gasteiger partial charge in [0.1, 0.15) is 29.8 Å². The van der Waals surface area contributed by atoms with Crippen LogP contribution in [0.4, 0.5) is 13.2 Å². The van der Waals surface area contributed by atoms with E-state index in [4.69, 9.17) is 4.74 Å². The van der Waals surface area contributed by atoms with Gasteiger partial charge < -0.3 is 20.1 Å². The summed E-state index contributed by atoms with van der Waals surface area (Å²) in [4.78, 5) is 0. The molecule has 0 spiro atoms. The van der Waals surface area contributed by atoms with Crippen molar-refractivity contribution in [2.45, 2.75) is 31.7 Å². The van der Waals surface area contributed by atoms with Crippen LogP contribution in [0.15, 0.2) is 24.3 Å². The number of aliphatic hydroxyl groups is 1. The Morgan fingerprint density at radius 2 is 1.60 bits per heavy atom. The van der Waals surface area contributed by atoms with Crippen LogP contribution in [0.1, 0.15) is 30.1 Å². The maximum absolute atomic E-state index is 13.8. The first-order valence-corrected chi connectivity index (χ1v) is 7.80. The third kappa shape index (κ3) is 3.43. The van der Waals surface area contributed by atoms with E-state index >= 15 is 0 Å². The Bertz CT molecular complexity index is 740. The maximum atomic E-state index is 13.8.